The fourth-order valence-electron chi connectivity index (χ4n) is 1.83. The molecule has 1 N–H and O–H groups in total. The number of halogens is 1. The number of hydrogen-bond donors (Lipinski definition) is 1. The molecule has 0 aliphatic heterocycles. The molecule has 0 unspecified atom stereocenters. The van der Waals surface area contributed by atoms with E-state index in [9.17, 15) is 0 Å². The molecule has 9 heteroatoms. The summed E-state index contributed by atoms with van der Waals surface area (Å²) in [5.41, 5.74) is 2.03. The van der Waals surface area contributed by atoms with Crippen molar-refractivity contribution in [2.75, 3.05) is 0 Å². The molecule has 98 valence electrons. The standard InChI is InChI=1S/C11H6ClN7S/c12-10-15-8-7(13-5-14-8)9(16-10)20-11-18-17-6-3-1-2-4-19(6)11/h1-5H,(H,13,14,15,16). The van der Waals surface area contributed by atoms with Gasteiger partial charge in [0.05, 0.1) is 6.33 Å². The van der Waals surface area contributed by atoms with Crippen molar-refractivity contribution in [3.63, 3.8) is 0 Å². The van der Waals surface area contributed by atoms with Crippen molar-refractivity contribution in [3.8, 4) is 0 Å². The first-order valence-electron chi connectivity index (χ1n) is 5.65. The molecule has 0 aromatic carbocycles. The van der Waals surface area contributed by atoms with Crippen LogP contribution >= 0.6 is 23.4 Å². The monoisotopic (exact) mass is 303 g/mol. The van der Waals surface area contributed by atoms with Gasteiger partial charge in [-0.3, -0.25) is 4.40 Å². The van der Waals surface area contributed by atoms with Crippen molar-refractivity contribution in [1.29, 1.82) is 0 Å². The van der Waals surface area contributed by atoms with Gasteiger partial charge in [0.25, 0.3) is 0 Å². The van der Waals surface area contributed by atoms with Crippen LogP contribution in [-0.2, 0) is 0 Å². The number of H-pyrrole nitrogens is 1. The van der Waals surface area contributed by atoms with Crippen molar-refractivity contribution in [3.05, 3.63) is 36.0 Å². The number of aromatic amines is 1. The molecule has 7 nitrogen and oxygen atoms in total. The molecule has 20 heavy (non-hydrogen) atoms. The molecule has 0 radical (unpaired) electrons. The largest absolute Gasteiger partial charge is 0.341 e. The van der Waals surface area contributed by atoms with E-state index in [1.54, 1.807) is 6.33 Å². The van der Waals surface area contributed by atoms with E-state index in [0.717, 1.165) is 11.2 Å². The first-order valence-corrected chi connectivity index (χ1v) is 6.85. The molecular weight excluding hydrogens is 298 g/mol. The first kappa shape index (κ1) is 11.6. The zero-order chi connectivity index (χ0) is 13.5. The summed E-state index contributed by atoms with van der Waals surface area (Å²) in [5, 5.41) is 9.76. The van der Waals surface area contributed by atoms with Crippen LogP contribution in [0.5, 0.6) is 0 Å². The normalized spacial score (nSPS) is 11.4. The second-order valence-electron chi connectivity index (χ2n) is 3.91. The lowest BCUT2D eigenvalue weighted by Gasteiger charge is -2.00. The van der Waals surface area contributed by atoms with Gasteiger partial charge >= 0.3 is 0 Å². The van der Waals surface area contributed by atoms with E-state index < -0.39 is 0 Å². The Hall–Kier alpha value is -2.19. The molecule has 0 saturated carbocycles. The summed E-state index contributed by atoms with van der Waals surface area (Å²) < 4.78 is 1.88. The van der Waals surface area contributed by atoms with Crippen LogP contribution in [0.1, 0.15) is 0 Å². The van der Waals surface area contributed by atoms with Gasteiger partial charge in [-0.25, -0.2) is 9.97 Å². The second-order valence-corrected chi connectivity index (χ2v) is 5.21. The molecule has 0 bridgehead atoms. The van der Waals surface area contributed by atoms with E-state index in [4.69, 9.17) is 11.6 Å². The van der Waals surface area contributed by atoms with E-state index in [-0.39, 0.29) is 5.28 Å². The number of pyridine rings is 1. The molecule has 0 spiro atoms. The molecule has 0 fully saturated rings. The van der Waals surface area contributed by atoms with Crippen LogP contribution in [0.3, 0.4) is 0 Å². The molecule has 0 aliphatic rings. The van der Waals surface area contributed by atoms with Gasteiger partial charge in [0.1, 0.15) is 10.5 Å². The minimum absolute atomic E-state index is 0.154. The third-order valence-electron chi connectivity index (χ3n) is 2.70. The van der Waals surface area contributed by atoms with Crippen molar-refractivity contribution < 1.29 is 0 Å². The number of hydrogen-bond acceptors (Lipinski definition) is 6. The fraction of sp³-hybridized carbons (Fsp3) is 0. The molecule has 4 aromatic rings. The summed E-state index contributed by atoms with van der Waals surface area (Å²) in [4.78, 5) is 15.4. The van der Waals surface area contributed by atoms with Gasteiger partial charge in [-0.15, -0.1) is 10.2 Å². The highest BCUT2D eigenvalue weighted by molar-refractivity contribution is 7.99. The van der Waals surface area contributed by atoms with Crippen molar-refractivity contribution in [1.82, 2.24) is 34.5 Å². The lowest BCUT2D eigenvalue weighted by molar-refractivity contribution is 0.917. The van der Waals surface area contributed by atoms with Crippen LogP contribution in [-0.4, -0.2) is 34.5 Å². The smallest absolute Gasteiger partial charge is 0.225 e. The Morgan fingerprint density at radius 2 is 2.15 bits per heavy atom. The van der Waals surface area contributed by atoms with Crippen molar-refractivity contribution in [2.24, 2.45) is 0 Å². The lowest BCUT2D eigenvalue weighted by atomic mass is 10.5. The summed E-state index contributed by atoms with van der Waals surface area (Å²) in [5.74, 6) is 0. The Morgan fingerprint density at radius 1 is 1.20 bits per heavy atom. The molecule has 0 atom stereocenters. The third kappa shape index (κ3) is 1.81. The number of aromatic nitrogens is 7. The predicted octanol–water partition coefficient (Wildman–Crippen LogP) is 2.20. The number of nitrogens with one attached hydrogen (secondary N) is 1. The summed E-state index contributed by atoms with van der Waals surface area (Å²) in [6.07, 6.45) is 3.45. The summed E-state index contributed by atoms with van der Waals surface area (Å²) in [6, 6.07) is 5.71. The molecule has 0 amide bonds. The van der Waals surface area contributed by atoms with Crippen LogP contribution in [0.15, 0.2) is 40.9 Å². The first-order chi connectivity index (χ1) is 9.81. The zero-order valence-corrected chi connectivity index (χ0v) is 11.4. The number of rotatable bonds is 2. The Morgan fingerprint density at radius 3 is 3.10 bits per heavy atom. The fourth-order valence-corrected chi connectivity index (χ4v) is 2.94. The minimum Gasteiger partial charge on any atom is -0.341 e. The highest BCUT2D eigenvalue weighted by atomic mass is 35.5. The van der Waals surface area contributed by atoms with Crippen molar-refractivity contribution in [2.45, 2.75) is 10.2 Å². The highest BCUT2D eigenvalue weighted by Crippen LogP contribution is 2.29. The van der Waals surface area contributed by atoms with Gasteiger partial charge in [-0.05, 0) is 35.5 Å². The average Bonchev–Trinajstić information content (AvgIpc) is 3.06. The van der Waals surface area contributed by atoms with E-state index in [2.05, 4.69) is 30.1 Å². The van der Waals surface area contributed by atoms with Gasteiger partial charge in [0, 0.05) is 6.20 Å². The van der Waals surface area contributed by atoms with Gasteiger partial charge in [0.15, 0.2) is 11.3 Å². The number of nitrogens with zero attached hydrogens (tertiary/aromatic N) is 6. The average molecular weight is 304 g/mol. The van der Waals surface area contributed by atoms with E-state index in [1.165, 1.54) is 11.8 Å². The number of fused-ring (bicyclic) bond motifs is 2. The minimum atomic E-state index is 0.154. The van der Waals surface area contributed by atoms with E-state index in [0.29, 0.717) is 15.8 Å². The van der Waals surface area contributed by atoms with Crippen LogP contribution in [0.4, 0.5) is 0 Å². The second kappa shape index (κ2) is 4.43. The van der Waals surface area contributed by atoms with Gasteiger partial charge in [-0.2, -0.15) is 4.98 Å². The SMILES string of the molecule is Clc1nc(Sc2nnc3ccccn23)c2[nH]cnc2n1. The maximum atomic E-state index is 5.91. The van der Waals surface area contributed by atoms with Gasteiger partial charge in [0.2, 0.25) is 10.4 Å². The Bertz CT molecular complexity index is 915. The van der Waals surface area contributed by atoms with Gasteiger partial charge in [-0.1, -0.05) is 6.07 Å². The lowest BCUT2D eigenvalue weighted by Crippen LogP contribution is -1.91. The van der Waals surface area contributed by atoms with Gasteiger partial charge < -0.3 is 4.98 Å². The maximum absolute atomic E-state index is 5.91. The van der Waals surface area contributed by atoms with E-state index in [1.807, 2.05) is 28.8 Å². The number of imidazole rings is 1. The highest BCUT2D eigenvalue weighted by Gasteiger charge is 2.14. The molecule has 0 saturated heterocycles. The maximum Gasteiger partial charge on any atom is 0.225 e. The third-order valence-corrected chi connectivity index (χ3v) is 3.81. The Labute approximate surface area is 121 Å². The van der Waals surface area contributed by atoms with Crippen LogP contribution in [0.2, 0.25) is 5.28 Å². The molecule has 4 rings (SSSR count). The summed E-state index contributed by atoms with van der Waals surface area (Å²) in [7, 11) is 0. The molecule has 0 aliphatic carbocycles. The van der Waals surface area contributed by atoms with Crippen molar-refractivity contribution >= 4 is 40.2 Å². The van der Waals surface area contributed by atoms with E-state index >= 15 is 0 Å². The topological polar surface area (TPSA) is 84.6 Å². The Balaban J connectivity index is 1.86. The van der Waals surface area contributed by atoms with Crippen LogP contribution < -0.4 is 0 Å². The Kier molecular flexibility index (Phi) is 2.57. The van der Waals surface area contributed by atoms with Crippen LogP contribution in [0, 0.1) is 0 Å². The molecule has 4 heterocycles. The molecule has 4 aromatic heterocycles. The summed E-state index contributed by atoms with van der Waals surface area (Å²) in [6.45, 7) is 0. The summed E-state index contributed by atoms with van der Waals surface area (Å²) >= 11 is 7.26. The van der Waals surface area contributed by atoms with Crippen LogP contribution in [0.25, 0.3) is 16.8 Å². The molecular formula is C11H6ClN7S. The predicted molar refractivity (Wildman–Crippen MR) is 73.8 cm³/mol. The quantitative estimate of drug-likeness (QED) is 0.451. The zero-order valence-electron chi connectivity index (χ0n) is 9.86.